The Labute approximate surface area is 195 Å². The van der Waals surface area contributed by atoms with Crippen LogP contribution in [0.15, 0.2) is 54.7 Å². The molecule has 2 heterocycles. The van der Waals surface area contributed by atoms with E-state index in [2.05, 4.69) is 15.3 Å². The van der Waals surface area contributed by atoms with Crippen LogP contribution in [0.5, 0.6) is 17.4 Å². The number of carbonyl (C=O) groups excluding carboxylic acids is 1. The highest BCUT2D eigenvalue weighted by atomic mass is 35.5. The van der Waals surface area contributed by atoms with Crippen LogP contribution in [0.4, 0.5) is 16.4 Å². The summed E-state index contributed by atoms with van der Waals surface area (Å²) in [7, 11) is 1.60. The second-order valence-corrected chi connectivity index (χ2v) is 7.91. The molecule has 0 radical (unpaired) electrons. The molecule has 4 rings (SSSR count). The summed E-state index contributed by atoms with van der Waals surface area (Å²) in [5.41, 5.74) is 0.715. The van der Waals surface area contributed by atoms with Gasteiger partial charge in [0, 0.05) is 54.2 Å². The maximum Gasteiger partial charge on any atom is 0.321 e. The number of aromatic nitrogens is 2. The molecule has 2 amide bonds. The fourth-order valence-electron chi connectivity index (χ4n) is 3.24. The summed E-state index contributed by atoms with van der Waals surface area (Å²) in [5, 5.41) is 3.86. The number of hydrogen-bond acceptors (Lipinski definition) is 6. The molecule has 2 aromatic carbocycles. The molecule has 8 nitrogen and oxygen atoms in total. The van der Waals surface area contributed by atoms with E-state index in [1.807, 2.05) is 4.90 Å². The van der Waals surface area contributed by atoms with Gasteiger partial charge in [-0.25, -0.2) is 9.78 Å². The van der Waals surface area contributed by atoms with Crippen molar-refractivity contribution in [3.05, 3.63) is 64.8 Å². The minimum atomic E-state index is -0.148. The molecule has 3 aromatic rings. The molecule has 0 unspecified atom stereocenters. The SMILES string of the molecule is COc1ccc(NC(=O)N2CCN(c3nccc(Oc4cc(Cl)cc(Cl)c4)n3)CC2)cc1. The summed E-state index contributed by atoms with van der Waals surface area (Å²) in [6.45, 7) is 2.28. The Bertz CT molecular complexity index is 1070. The van der Waals surface area contributed by atoms with Crippen LogP contribution >= 0.6 is 23.2 Å². The van der Waals surface area contributed by atoms with Gasteiger partial charge in [-0.15, -0.1) is 0 Å². The number of ether oxygens (including phenoxy) is 2. The largest absolute Gasteiger partial charge is 0.497 e. The van der Waals surface area contributed by atoms with E-state index in [1.165, 1.54) is 0 Å². The van der Waals surface area contributed by atoms with Gasteiger partial charge in [0.1, 0.15) is 11.5 Å². The van der Waals surface area contributed by atoms with Crippen molar-refractivity contribution in [2.24, 2.45) is 0 Å². The predicted molar refractivity (Wildman–Crippen MR) is 124 cm³/mol. The number of nitrogens with zero attached hydrogens (tertiary/aromatic N) is 4. The quantitative estimate of drug-likeness (QED) is 0.565. The average Bonchev–Trinajstić information content (AvgIpc) is 2.79. The molecule has 0 spiro atoms. The lowest BCUT2D eigenvalue weighted by Gasteiger charge is -2.34. The third-order valence-corrected chi connectivity index (χ3v) is 5.30. The van der Waals surface area contributed by atoms with Gasteiger partial charge < -0.3 is 24.6 Å². The highest BCUT2D eigenvalue weighted by molar-refractivity contribution is 6.34. The Morgan fingerprint density at radius 1 is 0.969 bits per heavy atom. The van der Waals surface area contributed by atoms with E-state index in [0.717, 1.165) is 5.75 Å². The van der Waals surface area contributed by atoms with Crippen molar-refractivity contribution in [2.45, 2.75) is 0 Å². The first-order valence-corrected chi connectivity index (χ1v) is 10.7. The molecule has 0 bridgehead atoms. The third-order valence-electron chi connectivity index (χ3n) is 4.87. The van der Waals surface area contributed by atoms with Gasteiger partial charge in [-0.05, 0) is 42.5 Å². The number of amides is 2. The van der Waals surface area contributed by atoms with E-state index >= 15 is 0 Å². The molecule has 1 saturated heterocycles. The molecule has 1 aliphatic rings. The first-order chi connectivity index (χ1) is 15.5. The van der Waals surface area contributed by atoms with Crippen LogP contribution in [-0.2, 0) is 0 Å². The number of urea groups is 1. The van der Waals surface area contributed by atoms with Gasteiger partial charge in [0.15, 0.2) is 0 Å². The van der Waals surface area contributed by atoms with Crippen LogP contribution in [-0.4, -0.2) is 54.2 Å². The number of carbonyl (C=O) groups is 1. The van der Waals surface area contributed by atoms with Crippen LogP contribution in [0.2, 0.25) is 10.0 Å². The van der Waals surface area contributed by atoms with Crippen LogP contribution in [0.25, 0.3) is 0 Å². The first kappa shape index (κ1) is 22.0. The zero-order valence-electron chi connectivity index (χ0n) is 17.3. The number of halogens is 2. The minimum Gasteiger partial charge on any atom is -0.497 e. The number of nitrogens with one attached hydrogen (secondary N) is 1. The zero-order valence-corrected chi connectivity index (χ0v) is 18.8. The molecule has 1 aliphatic heterocycles. The van der Waals surface area contributed by atoms with Crippen molar-refractivity contribution in [1.82, 2.24) is 14.9 Å². The molecular formula is C22H21Cl2N5O3. The molecule has 166 valence electrons. The van der Waals surface area contributed by atoms with Crippen molar-refractivity contribution in [3.8, 4) is 17.4 Å². The lowest BCUT2D eigenvalue weighted by Crippen LogP contribution is -2.50. The van der Waals surface area contributed by atoms with Crippen LogP contribution in [0.3, 0.4) is 0 Å². The summed E-state index contributed by atoms with van der Waals surface area (Å²) in [5.74, 6) is 2.15. The Hall–Kier alpha value is -3.23. The first-order valence-electron chi connectivity index (χ1n) is 9.92. The van der Waals surface area contributed by atoms with Gasteiger partial charge in [-0.2, -0.15) is 4.98 Å². The molecule has 1 fully saturated rings. The lowest BCUT2D eigenvalue weighted by atomic mass is 10.3. The number of piperazine rings is 1. The van der Waals surface area contributed by atoms with Gasteiger partial charge in [-0.3, -0.25) is 0 Å². The Morgan fingerprint density at radius 2 is 1.66 bits per heavy atom. The average molecular weight is 474 g/mol. The van der Waals surface area contributed by atoms with Gasteiger partial charge in [-0.1, -0.05) is 23.2 Å². The fraction of sp³-hybridized carbons (Fsp3) is 0.227. The van der Waals surface area contributed by atoms with E-state index in [-0.39, 0.29) is 6.03 Å². The molecular weight excluding hydrogens is 453 g/mol. The van der Waals surface area contributed by atoms with Crippen molar-refractivity contribution >= 4 is 40.9 Å². The number of anilines is 2. The summed E-state index contributed by atoms with van der Waals surface area (Å²) in [4.78, 5) is 25.2. The lowest BCUT2D eigenvalue weighted by molar-refractivity contribution is 0.208. The summed E-state index contributed by atoms with van der Waals surface area (Å²) >= 11 is 12.0. The molecule has 0 atom stereocenters. The van der Waals surface area contributed by atoms with E-state index in [0.29, 0.717) is 59.5 Å². The second-order valence-electron chi connectivity index (χ2n) is 7.03. The van der Waals surface area contributed by atoms with Crippen molar-refractivity contribution in [1.29, 1.82) is 0 Å². The van der Waals surface area contributed by atoms with E-state index in [4.69, 9.17) is 32.7 Å². The molecule has 1 N–H and O–H groups in total. The smallest absolute Gasteiger partial charge is 0.321 e. The molecule has 0 aliphatic carbocycles. The summed E-state index contributed by atoms with van der Waals surface area (Å²) in [6.07, 6.45) is 1.63. The van der Waals surface area contributed by atoms with Gasteiger partial charge in [0.2, 0.25) is 11.8 Å². The summed E-state index contributed by atoms with van der Waals surface area (Å²) < 4.78 is 10.9. The summed E-state index contributed by atoms with van der Waals surface area (Å²) in [6, 6.07) is 13.7. The predicted octanol–water partition coefficient (Wildman–Crippen LogP) is 4.94. The number of hydrogen-bond donors (Lipinski definition) is 1. The highest BCUT2D eigenvalue weighted by Crippen LogP contribution is 2.28. The molecule has 0 saturated carbocycles. The van der Waals surface area contributed by atoms with Gasteiger partial charge in [0.25, 0.3) is 0 Å². The Morgan fingerprint density at radius 3 is 2.31 bits per heavy atom. The third kappa shape index (κ3) is 5.52. The monoisotopic (exact) mass is 473 g/mol. The standard InChI is InChI=1S/C22H21Cl2N5O3/c1-31-18-4-2-17(3-5-18)26-22(30)29-10-8-28(9-11-29)21-25-7-6-20(27-21)32-19-13-15(23)12-16(24)14-19/h2-7,12-14H,8-11H2,1H3,(H,26,30). The normalized spacial score (nSPS) is 13.6. The molecule has 32 heavy (non-hydrogen) atoms. The molecule has 10 heteroatoms. The number of rotatable bonds is 5. The maximum atomic E-state index is 12.6. The molecule has 1 aromatic heterocycles. The topological polar surface area (TPSA) is 79.8 Å². The van der Waals surface area contributed by atoms with E-state index in [1.54, 1.807) is 66.7 Å². The van der Waals surface area contributed by atoms with Crippen molar-refractivity contribution in [2.75, 3.05) is 43.5 Å². The Balaban J connectivity index is 1.34. The van der Waals surface area contributed by atoms with Crippen LogP contribution in [0, 0.1) is 0 Å². The van der Waals surface area contributed by atoms with Gasteiger partial charge in [0.05, 0.1) is 7.11 Å². The Kier molecular flexibility index (Phi) is 6.82. The van der Waals surface area contributed by atoms with E-state index < -0.39 is 0 Å². The maximum absolute atomic E-state index is 12.6. The van der Waals surface area contributed by atoms with Crippen molar-refractivity contribution in [3.63, 3.8) is 0 Å². The highest BCUT2D eigenvalue weighted by Gasteiger charge is 2.23. The van der Waals surface area contributed by atoms with Crippen LogP contribution < -0.4 is 19.7 Å². The number of benzene rings is 2. The van der Waals surface area contributed by atoms with Gasteiger partial charge >= 0.3 is 6.03 Å². The second kappa shape index (κ2) is 9.93. The van der Waals surface area contributed by atoms with E-state index in [9.17, 15) is 4.79 Å². The zero-order chi connectivity index (χ0) is 22.5. The number of methoxy groups -OCH3 is 1. The van der Waals surface area contributed by atoms with Crippen LogP contribution in [0.1, 0.15) is 0 Å². The fourth-order valence-corrected chi connectivity index (χ4v) is 3.74. The van der Waals surface area contributed by atoms with Crippen molar-refractivity contribution < 1.29 is 14.3 Å². The minimum absolute atomic E-state index is 0.148.